The lowest BCUT2D eigenvalue weighted by molar-refractivity contribution is -0.131. The number of Topliss-reactive ketones (excluding diaryl/α,β-unsaturated/α-hetero) is 1. The molecule has 1 aromatic heterocycles. The lowest BCUT2D eigenvalue weighted by Gasteiger charge is -2.21. The fourth-order valence-electron chi connectivity index (χ4n) is 2.78. The zero-order valence-electron chi connectivity index (χ0n) is 15.6. The monoisotopic (exact) mass is 371 g/mol. The van der Waals surface area contributed by atoms with Crippen molar-refractivity contribution in [3.8, 4) is 5.75 Å². The number of rotatable bonds is 9. The van der Waals surface area contributed by atoms with Crippen LogP contribution in [0.5, 0.6) is 5.75 Å². The number of hydrogen-bond acceptors (Lipinski definition) is 4. The van der Waals surface area contributed by atoms with Crippen molar-refractivity contribution in [3.05, 3.63) is 63.9 Å². The number of methoxy groups -OCH3 is 1. The number of carbonyl (C=O) groups is 2. The van der Waals surface area contributed by atoms with Gasteiger partial charge in [-0.1, -0.05) is 18.2 Å². The van der Waals surface area contributed by atoms with Crippen LogP contribution in [0.15, 0.2) is 43.0 Å². The zero-order valence-corrected chi connectivity index (χ0v) is 16.4. The molecule has 0 radical (unpaired) electrons. The van der Waals surface area contributed by atoms with Crippen molar-refractivity contribution in [3.63, 3.8) is 0 Å². The summed E-state index contributed by atoms with van der Waals surface area (Å²) < 4.78 is 5.15. The third-order valence-corrected chi connectivity index (χ3v) is 5.11. The molecule has 0 aliphatic heterocycles. The molecule has 0 saturated heterocycles. The molecule has 0 aliphatic rings. The fourth-order valence-corrected chi connectivity index (χ4v) is 3.73. The number of carbonyl (C=O) groups excluding carboxylic acids is 2. The molecule has 0 fully saturated rings. The SMILES string of the molecule is C=CCN(Cc1ccc(OC)cc1)C(=O)CCC(=O)c1cc(C)sc1C. The van der Waals surface area contributed by atoms with Crippen LogP contribution in [0.1, 0.15) is 38.5 Å². The van der Waals surface area contributed by atoms with E-state index in [1.807, 2.05) is 44.2 Å². The van der Waals surface area contributed by atoms with E-state index in [9.17, 15) is 9.59 Å². The van der Waals surface area contributed by atoms with Gasteiger partial charge in [-0.25, -0.2) is 0 Å². The molecule has 2 rings (SSSR count). The molecule has 26 heavy (non-hydrogen) atoms. The first-order chi connectivity index (χ1) is 12.4. The molecule has 0 unspecified atom stereocenters. The highest BCUT2D eigenvalue weighted by molar-refractivity contribution is 7.12. The minimum absolute atomic E-state index is 0.0307. The standard InChI is InChI=1S/C21H25NO3S/c1-5-12-22(14-17-6-8-18(25-4)9-7-17)21(24)11-10-20(23)19-13-15(2)26-16(19)3/h5-9,13H,1,10-12,14H2,2-4H3. The van der Waals surface area contributed by atoms with Crippen LogP contribution < -0.4 is 4.74 Å². The summed E-state index contributed by atoms with van der Waals surface area (Å²) >= 11 is 1.61. The Kier molecular flexibility index (Phi) is 7.16. The van der Waals surface area contributed by atoms with Gasteiger partial charge in [0.15, 0.2) is 5.78 Å². The third kappa shape index (κ3) is 5.30. The molecular formula is C21H25NO3S. The molecule has 2 aromatic rings. The summed E-state index contributed by atoms with van der Waals surface area (Å²) in [7, 11) is 1.62. The Morgan fingerprint density at radius 1 is 1.19 bits per heavy atom. The predicted molar refractivity (Wildman–Crippen MR) is 106 cm³/mol. The molecule has 4 nitrogen and oxygen atoms in total. The molecule has 1 heterocycles. The first kappa shape index (κ1) is 19.9. The first-order valence-corrected chi connectivity index (χ1v) is 9.38. The first-order valence-electron chi connectivity index (χ1n) is 8.56. The minimum Gasteiger partial charge on any atom is -0.497 e. The summed E-state index contributed by atoms with van der Waals surface area (Å²) in [6, 6.07) is 9.52. The lowest BCUT2D eigenvalue weighted by Crippen LogP contribution is -2.31. The van der Waals surface area contributed by atoms with Crippen LogP contribution in [0.2, 0.25) is 0 Å². The van der Waals surface area contributed by atoms with Gasteiger partial charge >= 0.3 is 0 Å². The highest BCUT2D eigenvalue weighted by Crippen LogP contribution is 2.22. The van der Waals surface area contributed by atoms with E-state index in [-0.39, 0.29) is 24.5 Å². The molecule has 5 heteroatoms. The summed E-state index contributed by atoms with van der Waals surface area (Å²) in [4.78, 5) is 28.8. The number of aryl methyl sites for hydroxylation is 2. The average molecular weight is 372 g/mol. The third-order valence-electron chi connectivity index (χ3n) is 4.14. The van der Waals surface area contributed by atoms with Crippen molar-refractivity contribution in [1.29, 1.82) is 0 Å². The Morgan fingerprint density at radius 2 is 1.88 bits per heavy atom. The van der Waals surface area contributed by atoms with Crippen LogP contribution in [-0.4, -0.2) is 30.2 Å². The highest BCUT2D eigenvalue weighted by Gasteiger charge is 2.17. The molecule has 138 valence electrons. The topological polar surface area (TPSA) is 46.6 Å². The van der Waals surface area contributed by atoms with E-state index >= 15 is 0 Å². The molecular weight excluding hydrogens is 346 g/mol. The van der Waals surface area contributed by atoms with Gasteiger partial charge in [0, 0.05) is 41.2 Å². The van der Waals surface area contributed by atoms with E-state index in [4.69, 9.17) is 4.74 Å². The van der Waals surface area contributed by atoms with Crippen molar-refractivity contribution < 1.29 is 14.3 Å². The van der Waals surface area contributed by atoms with Gasteiger partial charge in [-0.2, -0.15) is 0 Å². The molecule has 1 aromatic carbocycles. The number of ether oxygens (including phenoxy) is 1. The van der Waals surface area contributed by atoms with Gasteiger partial charge in [-0.05, 0) is 37.6 Å². The summed E-state index contributed by atoms with van der Waals surface area (Å²) in [5, 5.41) is 0. The second-order valence-electron chi connectivity index (χ2n) is 6.16. The van der Waals surface area contributed by atoms with E-state index < -0.39 is 0 Å². The predicted octanol–water partition coefficient (Wildman–Crippen LogP) is 4.55. The van der Waals surface area contributed by atoms with Crippen molar-refractivity contribution in [2.24, 2.45) is 0 Å². The molecule has 0 N–H and O–H groups in total. The summed E-state index contributed by atoms with van der Waals surface area (Å²) in [5.41, 5.74) is 1.75. The Morgan fingerprint density at radius 3 is 2.42 bits per heavy atom. The van der Waals surface area contributed by atoms with Gasteiger partial charge in [-0.3, -0.25) is 9.59 Å². The van der Waals surface area contributed by atoms with Crippen LogP contribution in [0.3, 0.4) is 0 Å². The molecule has 1 amide bonds. The Labute approximate surface area is 159 Å². The van der Waals surface area contributed by atoms with E-state index in [1.165, 1.54) is 0 Å². The molecule has 0 atom stereocenters. The van der Waals surface area contributed by atoms with Crippen molar-refractivity contribution in [1.82, 2.24) is 4.90 Å². The quantitative estimate of drug-likeness (QED) is 0.480. The van der Waals surface area contributed by atoms with E-state index in [0.29, 0.717) is 13.1 Å². The zero-order chi connectivity index (χ0) is 19.1. The maximum absolute atomic E-state index is 12.6. The fraction of sp³-hybridized carbons (Fsp3) is 0.333. The van der Waals surface area contributed by atoms with Crippen LogP contribution >= 0.6 is 11.3 Å². The highest BCUT2D eigenvalue weighted by atomic mass is 32.1. The number of benzene rings is 1. The maximum Gasteiger partial charge on any atom is 0.223 e. The van der Waals surface area contributed by atoms with Gasteiger partial charge in [0.25, 0.3) is 0 Å². The number of hydrogen-bond donors (Lipinski definition) is 0. The number of thiophene rings is 1. The number of ketones is 1. The van der Waals surface area contributed by atoms with Crippen LogP contribution in [0.25, 0.3) is 0 Å². The Balaban J connectivity index is 1.97. The smallest absolute Gasteiger partial charge is 0.223 e. The Hall–Kier alpha value is -2.40. The summed E-state index contributed by atoms with van der Waals surface area (Å²) in [5.74, 6) is 0.768. The molecule has 0 bridgehead atoms. The maximum atomic E-state index is 12.6. The second kappa shape index (κ2) is 9.34. The van der Waals surface area contributed by atoms with Gasteiger partial charge in [0.05, 0.1) is 7.11 Å². The van der Waals surface area contributed by atoms with Gasteiger partial charge in [0.1, 0.15) is 5.75 Å². The molecule has 0 saturated carbocycles. The van der Waals surface area contributed by atoms with Crippen molar-refractivity contribution in [2.75, 3.05) is 13.7 Å². The summed E-state index contributed by atoms with van der Waals surface area (Å²) in [6.45, 7) is 8.60. The van der Waals surface area contributed by atoms with Gasteiger partial charge in [-0.15, -0.1) is 17.9 Å². The lowest BCUT2D eigenvalue weighted by atomic mass is 10.1. The minimum atomic E-state index is -0.0429. The van der Waals surface area contributed by atoms with Crippen molar-refractivity contribution in [2.45, 2.75) is 33.2 Å². The van der Waals surface area contributed by atoms with Gasteiger partial charge in [0.2, 0.25) is 5.91 Å². The van der Waals surface area contributed by atoms with Crippen LogP contribution in [0, 0.1) is 13.8 Å². The van der Waals surface area contributed by atoms with Gasteiger partial charge < -0.3 is 9.64 Å². The largest absolute Gasteiger partial charge is 0.497 e. The van der Waals surface area contributed by atoms with E-state index in [2.05, 4.69) is 6.58 Å². The normalized spacial score (nSPS) is 10.4. The number of nitrogens with zero attached hydrogens (tertiary/aromatic N) is 1. The van der Waals surface area contributed by atoms with Crippen molar-refractivity contribution >= 4 is 23.0 Å². The van der Waals surface area contributed by atoms with Crippen LogP contribution in [-0.2, 0) is 11.3 Å². The van der Waals surface area contributed by atoms with E-state index in [1.54, 1.807) is 29.4 Å². The molecule has 0 aliphatic carbocycles. The van der Waals surface area contributed by atoms with Crippen LogP contribution in [0.4, 0.5) is 0 Å². The summed E-state index contributed by atoms with van der Waals surface area (Å²) in [6.07, 6.45) is 2.14. The Bertz CT molecular complexity index is 777. The number of amides is 1. The average Bonchev–Trinajstić information content (AvgIpc) is 2.98. The van der Waals surface area contributed by atoms with E-state index in [0.717, 1.165) is 26.6 Å². The second-order valence-corrected chi connectivity index (χ2v) is 7.62. The molecule has 0 spiro atoms.